The minimum Gasteiger partial charge on any atom is -0.367 e. The monoisotopic (exact) mass is 467 g/mol. The maximum absolute atomic E-state index is 14.9. The quantitative estimate of drug-likeness (QED) is 0.388. The van der Waals surface area contributed by atoms with Crippen molar-refractivity contribution in [3.8, 4) is 11.1 Å². The first-order chi connectivity index (χ1) is 17.0. The Kier molecular flexibility index (Phi) is 5.40. The zero-order valence-electron chi connectivity index (χ0n) is 19.5. The molecule has 2 aliphatic carbocycles. The zero-order chi connectivity index (χ0) is 23.9. The van der Waals surface area contributed by atoms with Gasteiger partial charge in [0.05, 0.1) is 5.52 Å². The number of rotatable bonds is 7. The number of carbonyl (C=O) groups excluding carboxylic acids is 1. The molecule has 2 aromatic carbocycles. The molecule has 0 aliphatic heterocycles. The number of nitrogens with zero attached hydrogens (tertiary/aromatic N) is 4. The van der Waals surface area contributed by atoms with Gasteiger partial charge in [0.2, 0.25) is 0 Å². The van der Waals surface area contributed by atoms with E-state index in [4.69, 9.17) is 0 Å². The second-order valence-electron chi connectivity index (χ2n) is 9.46. The van der Waals surface area contributed by atoms with Crippen molar-refractivity contribution in [2.24, 2.45) is 0 Å². The number of anilines is 1. The van der Waals surface area contributed by atoms with E-state index in [9.17, 15) is 9.18 Å². The number of aryl methyl sites for hydroxylation is 1. The standard InChI is InChI=1S/C28H26FN5O/c1-17-31-25-12-6-19(15-23(25)27(32-17)33-21-7-8-21)18-5-11-24(29)20(14-18)16-34(22-9-10-22)28(35)26-4-2-3-13-30-26/h2-6,11-15,21-22H,7-10,16H2,1H3,(H,31,32,33). The molecule has 2 fully saturated rings. The highest BCUT2D eigenvalue weighted by Gasteiger charge is 2.34. The molecule has 35 heavy (non-hydrogen) atoms. The number of hydrogen-bond acceptors (Lipinski definition) is 5. The van der Waals surface area contributed by atoms with Gasteiger partial charge in [0.1, 0.15) is 23.2 Å². The van der Waals surface area contributed by atoms with Gasteiger partial charge in [-0.15, -0.1) is 0 Å². The molecule has 7 heteroatoms. The Morgan fingerprint density at radius 3 is 2.57 bits per heavy atom. The van der Waals surface area contributed by atoms with Crippen molar-refractivity contribution in [3.63, 3.8) is 0 Å². The van der Waals surface area contributed by atoms with Crippen LogP contribution >= 0.6 is 0 Å². The fourth-order valence-electron chi connectivity index (χ4n) is 4.40. The Morgan fingerprint density at radius 1 is 1.03 bits per heavy atom. The fraction of sp³-hybridized carbons (Fsp3) is 0.286. The molecule has 176 valence electrons. The number of benzene rings is 2. The summed E-state index contributed by atoms with van der Waals surface area (Å²) < 4.78 is 14.9. The number of nitrogens with one attached hydrogen (secondary N) is 1. The van der Waals surface area contributed by atoms with Crippen LogP contribution in [0.4, 0.5) is 10.2 Å². The molecule has 0 atom stereocenters. The molecule has 0 saturated heterocycles. The van der Waals surface area contributed by atoms with Crippen LogP contribution in [0, 0.1) is 12.7 Å². The minimum absolute atomic E-state index is 0.129. The summed E-state index contributed by atoms with van der Waals surface area (Å²) in [5, 5.41) is 4.47. The number of amides is 1. The van der Waals surface area contributed by atoms with Crippen molar-refractivity contribution in [1.82, 2.24) is 19.9 Å². The topological polar surface area (TPSA) is 71.0 Å². The predicted molar refractivity (Wildman–Crippen MR) is 133 cm³/mol. The summed E-state index contributed by atoms with van der Waals surface area (Å²) in [5.74, 6) is 1.10. The minimum atomic E-state index is -0.316. The van der Waals surface area contributed by atoms with Gasteiger partial charge in [-0.25, -0.2) is 14.4 Å². The molecular weight excluding hydrogens is 441 g/mol. The molecule has 1 amide bonds. The normalized spacial score (nSPS) is 15.3. The van der Waals surface area contributed by atoms with E-state index in [2.05, 4.69) is 26.3 Å². The van der Waals surface area contributed by atoms with Gasteiger partial charge in [0.25, 0.3) is 5.91 Å². The van der Waals surface area contributed by atoms with Crippen molar-refractivity contribution in [2.45, 2.75) is 51.2 Å². The van der Waals surface area contributed by atoms with Gasteiger partial charge >= 0.3 is 0 Å². The van der Waals surface area contributed by atoms with Gasteiger partial charge in [-0.1, -0.05) is 18.2 Å². The Labute approximate surface area is 203 Å². The number of hydrogen-bond donors (Lipinski definition) is 1. The highest BCUT2D eigenvalue weighted by molar-refractivity contribution is 5.93. The summed E-state index contributed by atoms with van der Waals surface area (Å²) >= 11 is 0. The van der Waals surface area contributed by atoms with E-state index < -0.39 is 0 Å². The number of carbonyl (C=O) groups is 1. The number of pyridine rings is 1. The van der Waals surface area contributed by atoms with Crippen LogP contribution in [0.3, 0.4) is 0 Å². The number of fused-ring (bicyclic) bond motifs is 1. The summed E-state index contributed by atoms with van der Waals surface area (Å²) in [4.78, 5) is 28.3. The number of halogens is 1. The smallest absolute Gasteiger partial charge is 0.272 e. The van der Waals surface area contributed by atoms with Crippen LogP contribution in [-0.2, 0) is 6.54 Å². The van der Waals surface area contributed by atoms with E-state index in [-0.39, 0.29) is 24.3 Å². The summed E-state index contributed by atoms with van der Waals surface area (Å²) in [6, 6.07) is 17.1. The molecule has 6 rings (SSSR count). The summed E-state index contributed by atoms with van der Waals surface area (Å²) in [5.41, 5.74) is 3.61. The lowest BCUT2D eigenvalue weighted by atomic mass is 10.0. The van der Waals surface area contributed by atoms with Gasteiger partial charge in [0.15, 0.2) is 0 Å². The first-order valence-electron chi connectivity index (χ1n) is 12.1. The summed E-state index contributed by atoms with van der Waals surface area (Å²) in [6.45, 7) is 2.11. The third kappa shape index (κ3) is 4.58. The van der Waals surface area contributed by atoms with Gasteiger partial charge in [-0.3, -0.25) is 9.78 Å². The van der Waals surface area contributed by atoms with E-state index in [1.165, 1.54) is 6.07 Å². The van der Waals surface area contributed by atoms with Gasteiger partial charge in [-0.2, -0.15) is 0 Å². The average Bonchev–Trinajstić information content (AvgIpc) is 3.79. The molecule has 6 nitrogen and oxygen atoms in total. The van der Waals surface area contributed by atoms with Crippen LogP contribution in [0.25, 0.3) is 22.0 Å². The second-order valence-corrected chi connectivity index (χ2v) is 9.46. The SMILES string of the molecule is Cc1nc(NC2CC2)c2cc(-c3ccc(F)c(CN(C(=O)c4ccccn4)C4CC4)c3)ccc2n1. The Hall–Kier alpha value is -3.87. The van der Waals surface area contributed by atoms with Crippen molar-refractivity contribution in [1.29, 1.82) is 0 Å². The van der Waals surface area contributed by atoms with E-state index in [0.29, 0.717) is 17.3 Å². The van der Waals surface area contributed by atoms with Crippen LogP contribution < -0.4 is 5.32 Å². The van der Waals surface area contributed by atoms with Crippen LogP contribution in [0.2, 0.25) is 0 Å². The van der Waals surface area contributed by atoms with Crippen LogP contribution in [0.5, 0.6) is 0 Å². The molecule has 2 heterocycles. The number of aromatic nitrogens is 3. The molecular formula is C28H26FN5O. The van der Waals surface area contributed by atoms with Crippen molar-refractivity contribution < 1.29 is 9.18 Å². The highest BCUT2D eigenvalue weighted by atomic mass is 19.1. The maximum atomic E-state index is 14.9. The summed E-state index contributed by atoms with van der Waals surface area (Å²) in [7, 11) is 0. The molecule has 0 bridgehead atoms. The Balaban J connectivity index is 1.33. The molecule has 0 radical (unpaired) electrons. The van der Waals surface area contributed by atoms with Crippen molar-refractivity contribution >= 4 is 22.6 Å². The van der Waals surface area contributed by atoms with Gasteiger partial charge in [-0.05, 0) is 80.1 Å². The van der Waals surface area contributed by atoms with Gasteiger partial charge < -0.3 is 10.2 Å². The highest BCUT2D eigenvalue weighted by Crippen LogP contribution is 2.33. The lowest BCUT2D eigenvalue weighted by molar-refractivity contribution is 0.0722. The molecule has 0 unspecified atom stereocenters. The molecule has 4 aromatic rings. The molecule has 2 aliphatic rings. The van der Waals surface area contributed by atoms with E-state index >= 15 is 0 Å². The summed E-state index contributed by atoms with van der Waals surface area (Å²) in [6.07, 6.45) is 5.78. The van der Waals surface area contributed by atoms with Crippen LogP contribution in [0.1, 0.15) is 47.6 Å². The molecule has 0 spiro atoms. The van der Waals surface area contributed by atoms with E-state index in [1.54, 1.807) is 35.4 Å². The van der Waals surface area contributed by atoms with E-state index in [1.807, 2.05) is 25.1 Å². The third-order valence-corrected chi connectivity index (χ3v) is 6.58. The van der Waals surface area contributed by atoms with Gasteiger partial charge in [0, 0.05) is 35.8 Å². The third-order valence-electron chi connectivity index (χ3n) is 6.58. The van der Waals surface area contributed by atoms with Crippen molar-refractivity contribution in [2.75, 3.05) is 5.32 Å². The lowest BCUT2D eigenvalue weighted by Gasteiger charge is -2.23. The molecule has 2 saturated carbocycles. The predicted octanol–water partition coefficient (Wildman–Crippen LogP) is 5.52. The van der Waals surface area contributed by atoms with Crippen molar-refractivity contribution in [3.05, 3.63) is 83.7 Å². The Bertz CT molecular complexity index is 1420. The largest absolute Gasteiger partial charge is 0.367 e. The van der Waals surface area contributed by atoms with Crippen LogP contribution in [-0.4, -0.2) is 37.8 Å². The Morgan fingerprint density at radius 2 is 1.83 bits per heavy atom. The average molecular weight is 468 g/mol. The molecule has 2 aromatic heterocycles. The zero-order valence-corrected chi connectivity index (χ0v) is 19.5. The second kappa shape index (κ2) is 8.73. The first kappa shape index (κ1) is 21.6. The fourth-order valence-corrected chi connectivity index (χ4v) is 4.40. The lowest BCUT2D eigenvalue weighted by Crippen LogP contribution is -2.33. The van der Waals surface area contributed by atoms with E-state index in [0.717, 1.165) is 59.4 Å². The first-order valence-corrected chi connectivity index (χ1v) is 12.1. The molecule has 1 N–H and O–H groups in total. The maximum Gasteiger partial charge on any atom is 0.272 e. The van der Waals surface area contributed by atoms with Crippen LogP contribution in [0.15, 0.2) is 60.8 Å².